The minimum absolute atomic E-state index is 0.142. The number of carbonyl (C=O) groups excluding carboxylic acids is 3. The van der Waals surface area contributed by atoms with Gasteiger partial charge < -0.3 is 14.7 Å². The van der Waals surface area contributed by atoms with Crippen LogP contribution >= 0.6 is 11.3 Å². The predicted molar refractivity (Wildman–Crippen MR) is 193 cm³/mol. The number of methoxy groups -OCH3 is 1. The van der Waals surface area contributed by atoms with E-state index in [0.29, 0.717) is 45.9 Å². The monoisotopic (exact) mass is 683 g/mol. The highest BCUT2D eigenvalue weighted by molar-refractivity contribution is 7.17. The Morgan fingerprint density at radius 1 is 1.00 bits per heavy atom. The van der Waals surface area contributed by atoms with Crippen molar-refractivity contribution < 1.29 is 24.2 Å². The Morgan fingerprint density at radius 3 is 2.27 bits per heavy atom. The number of rotatable bonds is 16. The molecule has 0 unspecified atom stereocenters. The summed E-state index contributed by atoms with van der Waals surface area (Å²) in [5.74, 6) is -1.61. The average molecular weight is 684 g/mol. The number of hydrazine groups is 1. The molecule has 1 aliphatic heterocycles. The van der Waals surface area contributed by atoms with E-state index in [9.17, 15) is 24.8 Å². The number of aliphatic hydroxyl groups is 1. The number of ether oxygens (including phenoxy) is 1. The first-order valence-electron chi connectivity index (χ1n) is 16.9. The number of aromatic nitrogens is 1. The molecule has 3 amide bonds. The summed E-state index contributed by atoms with van der Waals surface area (Å²) in [5, 5.41) is 23.2. The van der Waals surface area contributed by atoms with E-state index in [1.807, 2.05) is 13.0 Å². The van der Waals surface area contributed by atoms with Crippen molar-refractivity contribution in [1.82, 2.24) is 15.0 Å². The zero-order valence-corrected chi connectivity index (χ0v) is 29.8. The van der Waals surface area contributed by atoms with Gasteiger partial charge in [0, 0.05) is 36.8 Å². The SMILES string of the molecule is CCCCC1=C(C#N)C(=O)N(N(C)C(=O)c2ccccc2)C(=O)/C1=C\c1sc(N(CCCC)CCCC)nc1-c1c(CO)cccc1OC. The zero-order chi connectivity index (χ0) is 35.5. The number of benzene rings is 2. The summed E-state index contributed by atoms with van der Waals surface area (Å²) in [5.41, 5.74) is 2.31. The molecule has 2 aromatic carbocycles. The number of imide groups is 1. The molecule has 0 fully saturated rings. The number of carbonyl (C=O) groups is 3. The van der Waals surface area contributed by atoms with Gasteiger partial charge in [-0.1, -0.05) is 81.7 Å². The first kappa shape index (κ1) is 37.0. The molecule has 4 rings (SSSR count). The van der Waals surface area contributed by atoms with Gasteiger partial charge in [0.15, 0.2) is 5.13 Å². The molecule has 1 aromatic heterocycles. The Kier molecular flexibility index (Phi) is 13.3. The summed E-state index contributed by atoms with van der Waals surface area (Å²) < 4.78 is 5.75. The standard InChI is InChI=1S/C38H45N5O5S/c1-6-9-19-28-29(36(46)43(37(47)30(28)24-39)41(4)35(45)26-16-13-12-14-17-26)23-32-34(33-27(25-44)18-15-20-31(33)48-5)40-38(49-32)42(21-10-7-2)22-11-8-3/h12-18,20,23,44H,6-11,19,21-22,25H2,1-5H3/b29-23-. The van der Waals surface area contributed by atoms with E-state index >= 15 is 0 Å². The van der Waals surface area contributed by atoms with E-state index < -0.39 is 17.7 Å². The number of unbranched alkanes of at least 4 members (excludes halogenated alkanes) is 3. The van der Waals surface area contributed by atoms with Gasteiger partial charge in [-0.05, 0) is 61.1 Å². The van der Waals surface area contributed by atoms with Gasteiger partial charge >= 0.3 is 0 Å². The fourth-order valence-corrected chi connectivity index (χ4v) is 6.79. The molecule has 0 radical (unpaired) electrons. The van der Waals surface area contributed by atoms with Crippen LogP contribution in [0.4, 0.5) is 5.13 Å². The molecule has 0 spiro atoms. The number of hydrogen-bond donors (Lipinski definition) is 1. The molecule has 1 N–H and O–H groups in total. The maximum absolute atomic E-state index is 14.5. The van der Waals surface area contributed by atoms with E-state index in [1.165, 1.54) is 18.4 Å². The Balaban J connectivity index is 1.99. The molecule has 0 aliphatic carbocycles. The molecule has 1 aliphatic rings. The van der Waals surface area contributed by atoms with Crippen LogP contribution in [0.15, 0.2) is 65.3 Å². The molecule has 2 heterocycles. The van der Waals surface area contributed by atoms with Crippen LogP contribution in [0.2, 0.25) is 0 Å². The number of thiazole rings is 1. The molecule has 49 heavy (non-hydrogen) atoms. The second-order valence-corrected chi connectivity index (χ2v) is 12.8. The van der Waals surface area contributed by atoms with Crippen molar-refractivity contribution in [3.63, 3.8) is 0 Å². The summed E-state index contributed by atoms with van der Waals surface area (Å²) in [6.45, 7) is 7.61. The van der Waals surface area contributed by atoms with Gasteiger partial charge in [0.2, 0.25) is 0 Å². The van der Waals surface area contributed by atoms with Gasteiger partial charge in [0.1, 0.15) is 17.4 Å². The van der Waals surface area contributed by atoms with Gasteiger partial charge in [-0.15, -0.1) is 0 Å². The molecule has 258 valence electrons. The Bertz CT molecular complexity index is 1730. The van der Waals surface area contributed by atoms with Crippen molar-refractivity contribution in [2.75, 3.05) is 32.1 Å². The van der Waals surface area contributed by atoms with Crippen molar-refractivity contribution in [2.45, 2.75) is 72.3 Å². The second kappa shape index (κ2) is 17.6. The zero-order valence-electron chi connectivity index (χ0n) is 29.0. The molecular weight excluding hydrogens is 639 g/mol. The van der Waals surface area contributed by atoms with E-state index in [0.717, 1.165) is 60.3 Å². The highest BCUT2D eigenvalue weighted by atomic mass is 32.1. The summed E-state index contributed by atoms with van der Waals surface area (Å²) in [6, 6.07) is 15.8. The van der Waals surface area contributed by atoms with E-state index in [4.69, 9.17) is 9.72 Å². The van der Waals surface area contributed by atoms with Crippen molar-refractivity contribution in [2.24, 2.45) is 0 Å². The lowest BCUT2D eigenvalue weighted by molar-refractivity contribution is -0.153. The molecular formula is C38H45N5O5S. The van der Waals surface area contributed by atoms with Gasteiger partial charge in [-0.3, -0.25) is 14.4 Å². The van der Waals surface area contributed by atoms with Crippen molar-refractivity contribution in [1.29, 1.82) is 5.26 Å². The molecule has 11 heteroatoms. The largest absolute Gasteiger partial charge is 0.496 e. The molecule has 10 nitrogen and oxygen atoms in total. The fourth-order valence-electron chi connectivity index (χ4n) is 5.73. The second-order valence-electron chi connectivity index (χ2n) is 11.8. The minimum Gasteiger partial charge on any atom is -0.496 e. The predicted octanol–water partition coefficient (Wildman–Crippen LogP) is 7.17. The maximum Gasteiger partial charge on any atom is 0.290 e. The van der Waals surface area contributed by atoms with Crippen LogP contribution in [0.5, 0.6) is 5.75 Å². The van der Waals surface area contributed by atoms with E-state index in [-0.39, 0.29) is 23.3 Å². The third-order valence-electron chi connectivity index (χ3n) is 8.45. The molecule has 0 bridgehead atoms. The topological polar surface area (TPSA) is 127 Å². The number of amides is 3. The lowest BCUT2D eigenvalue weighted by atomic mass is 9.90. The first-order chi connectivity index (χ1) is 23.8. The Hall–Kier alpha value is -4.79. The minimum atomic E-state index is -0.842. The maximum atomic E-state index is 14.5. The van der Waals surface area contributed by atoms with Crippen LogP contribution in [0.1, 0.15) is 86.5 Å². The summed E-state index contributed by atoms with van der Waals surface area (Å²) >= 11 is 1.41. The van der Waals surface area contributed by atoms with Gasteiger partial charge in [-0.2, -0.15) is 10.3 Å². The molecule has 0 saturated carbocycles. The van der Waals surface area contributed by atoms with Crippen LogP contribution in [0, 0.1) is 11.3 Å². The van der Waals surface area contributed by atoms with Crippen LogP contribution in [0.3, 0.4) is 0 Å². The Morgan fingerprint density at radius 2 is 1.67 bits per heavy atom. The van der Waals surface area contributed by atoms with E-state index in [2.05, 4.69) is 18.7 Å². The van der Waals surface area contributed by atoms with Crippen LogP contribution in [0.25, 0.3) is 17.3 Å². The first-order valence-corrected chi connectivity index (χ1v) is 17.7. The van der Waals surface area contributed by atoms with Gasteiger partial charge in [-0.25, -0.2) is 9.99 Å². The van der Waals surface area contributed by atoms with Crippen molar-refractivity contribution in [3.05, 3.63) is 81.3 Å². The molecule has 3 aromatic rings. The number of hydrogen-bond acceptors (Lipinski definition) is 9. The van der Waals surface area contributed by atoms with Crippen molar-refractivity contribution >= 4 is 40.3 Å². The number of aliphatic hydroxyl groups excluding tert-OH is 1. The van der Waals surface area contributed by atoms with Gasteiger partial charge in [0.05, 0.1) is 24.3 Å². The Labute approximate surface area is 292 Å². The van der Waals surface area contributed by atoms with E-state index in [1.54, 1.807) is 61.7 Å². The van der Waals surface area contributed by atoms with Gasteiger partial charge in [0.25, 0.3) is 17.7 Å². The lowest BCUT2D eigenvalue weighted by Crippen LogP contribution is -2.54. The average Bonchev–Trinajstić information content (AvgIpc) is 3.54. The quantitative estimate of drug-likeness (QED) is 0.124. The highest BCUT2D eigenvalue weighted by Crippen LogP contribution is 2.42. The summed E-state index contributed by atoms with van der Waals surface area (Å²) in [6.07, 6.45) is 7.38. The van der Waals surface area contributed by atoms with Crippen LogP contribution < -0.4 is 9.64 Å². The smallest absolute Gasteiger partial charge is 0.290 e. The molecule has 0 atom stereocenters. The summed E-state index contributed by atoms with van der Waals surface area (Å²) in [7, 11) is 2.91. The normalized spacial score (nSPS) is 14.0. The highest BCUT2D eigenvalue weighted by Gasteiger charge is 2.41. The third-order valence-corrected chi connectivity index (χ3v) is 9.52. The molecule has 0 saturated heterocycles. The fraction of sp³-hybridized carbons (Fsp3) is 0.395. The number of nitriles is 1. The van der Waals surface area contributed by atoms with Crippen LogP contribution in [-0.2, 0) is 16.2 Å². The third kappa shape index (κ3) is 8.10. The van der Waals surface area contributed by atoms with Crippen LogP contribution in [-0.4, -0.2) is 65.1 Å². The number of nitrogens with zero attached hydrogens (tertiary/aromatic N) is 5. The lowest BCUT2D eigenvalue weighted by Gasteiger charge is -2.34. The van der Waals surface area contributed by atoms with Crippen molar-refractivity contribution in [3.8, 4) is 23.1 Å². The summed E-state index contributed by atoms with van der Waals surface area (Å²) in [4.78, 5) is 49.8. The number of anilines is 1.